The molecule has 0 aromatic heterocycles. The molecule has 418 valence electrons. The van der Waals surface area contributed by atoms with E-state index in [9.17, 15) is 54.3 Å². The number of nitrogens with one attached hydrogen (secondary N) is 3. The molecular formula is C50H66ClN5O19S. The summed E-state index contributed by atoms with van der Waals surface area (Å²) in [5, 5.41) is 60.4. The van der Waals surface area contributed by atoms with Crippen LogP contribution in [0.1, 0.15) is 44.7 Å². The molecular weight excluding hydrogens is 1040 g/mol. The minimum atomic E-state index is -1.91. The maximum Gasteiger partial charge on any atom is 0.410 e. The fourth-order valence-corrected chi connectivity index (χ4v) is 9.46. The van der Waals surface area contributed by atoms with Gasteiger partial charge in [0.2, 0.25) is 24.0 Å². The number of carbonyl (C=O) groups excluding carboxylic acids is 6. The SMILES string of the molecule is COc1cc2cc(c1Cl)NC(=O)C[C@H](OC(=O)[C@H](C)N(C)C(=O)CN(C)C(=O)OCc1ccc(OC3OC(CO)C(O)C(O)C3O)c(NC(=O)CSC)c1)[C@]1(C)OC1[C@H](C)C1C[C@@](O)(NC(=O)O1)[C@H](OC)/C=C/C=C/C2. The van der Waals surface area contributed by atoms with Crippen molar-refractivity contribution in [3.8, 4) is 11.5 Å². The van der Waals surface area contributed by atoms with E-state index in [1.54, 1.807) is 50.5 Å². The lowest BCUT2D eigenvalue weighted by Gasteiger charge is -2.42. The van der Waals surface area contributed by atoms with Crippen molar-refractivity contribution < 1.29 is 92.2 Å². The average molecular weight is 1110 g/mol. The van der Waals surface area contributed by atoms with Crippen LogP contribution in [0, 0.1) is 5.92 Å². The molecule has 4 heterocycles. The highest BCUT2D eigenvalue weighted by atomic mass is 35.5. The monoisotopic (exact) mass is 1110 g/mol. The fraction of sp³-hybridized carbons (Fsp3) is 0.560. The van der Waals surface area contributed by atoms with Gasteiger partial charge in [0.05, 0.1) is 43.4 Å². The summed E-state index contributed by atoms with van der Waals surface area (Å²) in [6.45, 7) is 3.10. The predicted molar refractivity (Wildman–Crippen MR) is 272 cm³/mol. The van der Waals surface area contributed by atoms with Crippen molar-refractivity contribution in [2.45, 2.75) is 119 Å². The van der Waals surface area contributed by atoms with Crippen LogP contribution in [0.2, 0.25) is 5.02 Å². The summed E-state index contributed by atoms with van der Waals surface area (Å²) in [6.07, 6.45) is -5.60. The van der Waals surface area contributed by atoms with E-state index in [0.29, 0.717) is 17.5 Å². The van der Waals surface area contributed by atoms with Gasteiger partial charge in [-0.25, -0.2) is 14.4 Å². The zero-order valence-electron chi connectivity index (χ0n) is 43.1. The highest BCUT2D eigenvalue weighted by Gasteiger charge is 2.64. The van der Waals surface area contributed by atoms with Gasteiger partial charge in [-0.3, -0.25) is 19.7 Å². The number of alkyl carbamates (subject to hydrolysis) is 1. The molecule has 76 heavy (non-hydrogen) atoms. The van der Waals surface area contributed by atoms with Crippen LogP contribution in [0.4, 0.5) is 21.0 Å². The number of likely N-dealkylation sites (N-methyl/N-ethyl adjacent to an activating group) is 2. The number of aliphatic hydroxyl groups excluding tert-OH is 4. The van der Waals surface area contributed by atoms with Crippen LogP contribution in [-0.2, 0) is 60.6 Å². The van der Waals surface area contributed by atoms with Gasteiger partial charge >= 0.3 is 18.2 Å². The number of halogens is 1. The molecule has 2 aromatic rings. The number of anilines is 2. The molecule has 8 N–H and O–H groups in total. The van der Waals surface area contributed by atoms with Crippen molar-refractivity contribution >= 4 is 70.6 Å². The molecule has 0 radical (unpaired) electrons. The zero-order valence-corrected chi connectivity index (χ0v) is 44.7. The quantitative estimate of drug-likeness (QED) is 0.0717. The van der Waals surface area contributed by atoms with Crippen molar-refractivity contribution in [1.29, 1.82) is 0 Å². The third-order valence-corrected chi connectivity index (χ3v) is 14.5. The summed E-state index contributed by atoms with van der Waals surface area (Å²) in [5.74, 6) is -3.06. The molecule has 24 nitrogen and oxygen atoms in total. The van der Waals surface area contributed by atoms with E-state index in [2.05, 4.69) is 16.0 Å². The Kier molecular flexibility index (Phi) is 20.0. The van der Waals surface area contributed by atoms with Gasteiger partial charge in [-0.05, 0) is 61.9 Å². The van der Waals surface area contributed by atoms with Crippen LogP contribution in [0.5, 0.6) is 11.5 Å². The Morgan fingerprint density at radius 3 is 2.46 bits per heavy atom. The molecule has 4 aliphatic rings. The highest BCUT2D eigenvalue weighted by Crippen LogP contribution is 2.49. The van der Waals surface area contributed by atoms with Gasteiger partial charge in [0.25, 0.3) is 0 Å². The predicted octanol–water partition coefficient (Wildman–Crippen LogP) is 1.85. The van der Waals surface area contributed by atoms with Crippen molar-refractivity contribution in [2.24, 2.45) is 5.92 Å². The number of nitrogens with zero attached hydrogens (tertiary/aromatic N) is 2. The van der Waals surface area contributed by atoms with Crippen molar-refractivity contribution in [1.82, 2.24) is 15.1 Å². The summed E-state index contributed by atoms with van der Waals surface area (Å²) in [5.41, 5.74) is -1.95. The molecule has 13 atom stereocenters. The Morgan fingerprint density at radius 1 is 1.04 bits per heavy atom. The summed E-state index contributed by atoms with van der Waals surface area (Å²) < 4.78 is 45.7. The number of rotatable bonds is 15. The minimum Gasteiger partial charge on any atom is -0.495 e. The third-order valence-electron chi connectivity index (χ3n) is 13.6. The van der Waals surface area contributed by atoms with E-state index in [1.165, 1.54) is 65.2 Å². The molecule has 2 aromatic carbocycles. The maximum absolute atomic E-state index is 14.1. The zero-order chi connectivity index (χ0) is 55.8. The summed E-state index contributed by atoms with van der Waals surface area (Å²) in [6, 6.07) is 6.34. The number of hydrogen-bond donors (Lipinski definition) is 8. The lowest BCUT2D eigenvalue weighted by atomic mass is 9.83. The number of epoxide rings is 1. The number of carbonyl (C=O) groups is 6. The standard InChI is InChI=1S/C50H66ClN5O19S/c1-25-33-20-50(67,54-47(65)73-33)35(69-7)13-11-9-10-12-27-16-30(40(51)32(18-27)68-6)53-37(58)19-36(49(3)44(25)75-49)74-45(64)26(2)56(5)39(60)21-55(4)48(66)70-23-28-14-15-31(29(17-28)52-38(59)24-76-8)71-46-43(63)42(62)41(61)34(22-57)72-46/h9-11,13-18,25-26,33-36,41-44,46,57,61-63,67H,12,19-24H2,1-8H3,(H,52,59)(H,53,58)(H,54,65)/b10-9+,13-11+/t25-,26+,33?,34?,35-,36+,41?,42?,43?,44?,46?,49+,50+/m1/s1. The Labute approximate surface area is 447 Å². The van der Waals surface area contributed by atoms with E-state index in [0.717, 1.165) is 9.80 Å². The van der Waals surface area contributed by atoms with Crippen molar-refractivity contribution in [3.05, 3.63) is 70.8 Å². The van der Waals surface area contributed by atoms with Gasteiger partial charge < -0.3 is 83.9 Å². The van der Waals surface area contributed by atoms with Gasteiger partial charge in [-0.15, -0.1) is 0 Å². The Hall–Kier alpha value is -5.74. The average Bonchev–Trinajstić information content (AvgIpc) is 4.08. The largest absolute Gasteiger partial charge is 0.495 e. The number of allylic oxidation sites excluding steroid dienone is 3. The molecule has 0 spiro atoms. The number of hydrogen-bond acceptors (Lipinski definition) is 20. The summed E-state index contributed by atoms with van der Waals surface area (Å²) >= 11 is 7.89. The molecule has 4 bridgehead atoms. The molecule has 6 rings (SSSR count). The number of ether oxygens (including phenoxy) is 8. The second-order valence-electron chi connectivity index (χ2n) is 19.0. The van der Waals surface area contributed by atoms with E-state index in [4.69, 9.17) is 49.5 Å². The highest BCUT2D eigenvalue weighted by molar-refractivity contribution is 7.99. The van der Waals surface area contributed by atoms with E-state index in [-0.39, 0.29) is 46.7 Å². The molecule has 5 amide bonds. The number of fused-ring (bicyclic) bond motifs is 5. The Balaban J connectivity index is 1.14. The normalized spacial score (nSPS) is 30.6. The summed E-state index contributed by atoms with van der Waals surface area (Å²) in [4.78, 5) is 82.5. The number of thioether (sulfide) groups is 1. The number of aliphatic hydroxyl groups is 5. The number of amides is 5. The van der Waals surface area contributed by atoms with Crippen LogP contribution in [0.25, 0.3) is 0 Å². The van der Waals surface area contributed by atoms with E-state index >= 15 is 0 Å². The molecule has 26 heteroatoms. The van der Waals surface area contributed by atoms with Crippen LogP contribution in [0.3, 0.4) is 0 Å². The Morgan fingerprint density at radius 2 is 1.78 bits per heavy atom. The van der Waals surface area contributed by atoms with E-state index in [1.807, 2.05) is 6.08 Å². The van der Waals surface area contributed by atoms with Crippen molar-refractivity contribution in [3.63, 3.8) is 0 Å². The number of esters is 1. The maximum atomic E-state index is 14.1. The number of benzene rings is 2. The topological polar surface area (TPSA) is 323 Å². The minimum absolute atomic E-state index is 0.0291. The lowest BCUT2D eigenvalue weighted by Crippen LogP contribution is -2.63. The smallest absolute Gasteiger partial charge is 0.410 e. The fourth-order valence-electron chi connectivity index (χ4n) is 8.89. The Bertz CT molecular complexity index is 2520. The van der Waals surface area contributed by atoms with Gasteiger partial charge in [0.15, 0.2) is 5.72 Å². The first-order chi connectivity index (χ1) is 36.0. The van der Waals surface area contributed by atoms with Gasteiger partial charge in [0, 0.05) is 33.5 Å². The van der Waals surface area contributed by atoms with Gasteiger partial charge in [-0.1, -0.05) is 48.9 Å². The molecule has 3 fully saturated rings. The lowest BCUT2D eigenvalue weighted by molar-refractivity contribution is -0.277. The van der Waals surface area contributed by atoms with Gasteiger partial charge in [0.1, 0.15) is 84.0 Å². The van der Waals surface area contributed by atoms with Crippen molar-refractivity contribution in [2.75, 3.05) is 64.1 Å². The molecule has 0 aliphatic carbocycles. The van der Waals surface area contributed by atoms with Crippen LogP contribution < -0.4 is 25.4 Å². The second-order valence-corrected chi connectivity index (χ2v) is 20.3. The number of methoxy groups -OCH3 is 2. The van der Waals surface area contributed by atoms with E-state index < -0.39 is 134 Å². The molecule has 4 aliphatic heterocycles. The third kappa shape index (κ3) is 14.0. The first kappa shape index (κ1) is 59.5. The molecule has 0 saturated carbocycles. The van der Waals surface area contributed by atoms with Gasteiger partial charge in [-0.2, -0.15) is 11.8 Å². The summed E-state index contributed by atoms with van der Waals surface area (Å²) in [7, 11) is 5.42. The first-order valence-corrected chi connectivity index (χ1v) is 25.9. The van der Waals surface area contributed by atoms with Crippen LogP contribution in [-0.4, -0.2) is 197 Å². The van der Waals surface area contributed by atoms with Crippen LogP contribution >= 0.6 is 23.4 Å². The second kappa shape index (κ2) is 25.6. The first-order valence-electron chi connectivity index (χ1n) is 24.1. The van der Waals surface area contributed by atoms with Crippen LogP contribution in [0.15, 0.2) is 54.6 Å². The molecule has 7 unspecified atom stereocenters. The molecule has 3 saturated heterocycles.